The van der Waals surface area contributed by atoms with Crippen molar-refractivity contribution >= 4 is 17.9 Å². The molecule has 0 radical (unpaired) electrons. The van der Waals surface area contributed by atoms with Crippen LogP contribution in [0.4, 0.5) is 0 Å². The first-order valence-electron chi connectivity index (χ1n) is 7.95. The fourth-order valence-electron chi connectivity index (χ4n) is 1.82. The maximum absolute atomic E-state index is 11.6. The zero-order valence-electron chi connectivity index (χ0n) is 15.1. The van der Waals surface area contributed by atoms with Crippen molar-refractivity contribution in [3.05, 3.63) is 35.9 Å². The van der Waals surface area contributed by atoms with Crippen LogP contribution in [0.3, 0.4) is 0 Å². The van der Waals surface area contributed by atoms with Crippen LogP contribution in [0, 0.1) is 0 Å². The van der Waals surface area contributed by atoms with E-state index in [1.54, 1.807) is 19.1 Å². The first-order valence-corrected chi connectivity index (χ1v) is 7.95. The maximum atomic E-state index is 11.6. The number of benzene rings is 1. The summed E-state index contributed by atoms with van der Waals surface area (Å²) in [5, 5.41) is 0. The van der Waals surface area contributed by atoms with Gasteiger partial charge >= 0.3 is 17.9 Å². The molecule has 142 valence electrons. The van der Waals surface area contributed by atoms with Crippen molar-refractivity contribution in [3.63, 3.8) is 0 Å². The molecule has 8 nitrogen and oxygen atoms in total. The molecule has 0 bridgehead atoms. The van der Waals surface area contributed by atoms with Gasteiger partial charge in [-0.25, -0.2) is 14.5 Å². The Morgan fingerprint density at radius 3 is 2.42 bits per heavy atom. The summed E-state index contributed by atoms with van der Waals surface area (Å²) in [7, 11) is 1.41. The molecule has 0 aliphatic carbocycles. The van der Waals surface area contributed by atoms with Gasteiger partial charge in [0.25, 0.3) is 0 Å². The van der Waals surface area contributed by atoms with Crippen LogP contribution < -0.4 is 9.62 Å². The molecular formula is C18H22O8. The smallest absolute Gasteiger partial charge is 0.379 e. The second-order valence-corrected chi connectivity index (χ2v) is 5.15. The second kappa shape index (κ2) is 10.8. The van der Waals surface area contributed by atoms with Crippen LogP contribution in [0.1, 0.15) is 38.9 Å². The van der Waals surface area contributed by atoms with Crippen LogP contribution >= 0.6 is 0 Å². The summed E-state index contributed by atoms with van der Waals surface area (Å²) in [6.07, 6.45) is 2.04. The molecule has 0 saturated heterocycles. The zero-order valence-corrected chi connectivity index (χ0v) is 15.1. The summed E-state index contributed by atoms with van der Waals surface area (Å²) in [6, 6.07) is 4.73. The van der Waals surface area contributed by atoms with E-state index in [1.165, 1.54) is 20.1 Å². The summed E-state index contributed by atoms with van der Waals surface area (Å²) < 4.78 is 15.0. The van der Waals surface area contributed by atoms with Gasteiger partial charge in [-0.05, 0) is 31.0 Å². The van der Waals surface area contributed by atoms with Crippen LogP contribution in [-0.4, -0.2) is 31.6 Å². The molecule has 0 aromatic heterocycles. The molecule has 1 aromatic rings. The number of methoxy groups -OCH3 is 1. The predicted octanol–water partition coefficient (Wildman–Crippen LogP) is 2.67. The van der Waals surface area contributed by atoms with E-state index >= 15 is 0 Å². The molecule has 1 aromatic carbocycles. The molecule has 0 fully saturated rings. The van der Waals surface area contributed by atoms with Crippen LogP contribution in [-0.2, 0) is 28.7 Å². The minimum atomic E-state index is -0.891. The molecule has 26 heavy (non-hydrogen) atoms. The molecule has 1 unspecified atom stereocenters. The third-order valence-corrected chi connectivity index (χ3v) is 3.02. The summed E-state index contributed by atoms with van der Waals surface area (Å²) in [6.45, 7) is 5.14. The van der Waals surface area contributed by atoms with Crippen molar-refractivity contribution in [3.8, 4) is 11.5 Å². The van der Waals surface area contributed by atoms with Crippen LogP contribution in [0.2, 0.25) is 0 Å². The minimum absolute atomic E-state index is 0.140. The highest BCUT2D eigenvalue weighted by atomic mass is 17.2. The summed E-state index contributed by atoms with van der Waals surface area (Å²) in [5.41, 5.74) is 0.675. The first kappa shape index (κ1) is 21.0. The number of hydrogen-bond donors (Lipinski definition) is 0. The van der Waals surface area contributed by atoms with Crippen molar-refractivity contribution in [2.75, 3.05) is 13.7 Å². The van der Waals surface area contributed by atoms with Crippen LogP contribution in [0.15, 0.2) is 30.4 Å². The summed E-state index contributed by atoms with van der Waals surface area (Å²) >= 11 is 0. The van der Waals surface area contributed by atoms with Crippen LogP contribution in [0.5, 0.6) is 11.5 Å². The third-order valence-electron chi connectivity index (χ3n) is 3.02. The van der Waals surface area contributed by atoms with Crippen molar-refractivity contribution in [1.29, 1.82) is 0 Å². The Balaban J connectivity index is 2.66. The quantitative estimate of drug-likeness (QED) is 0.285. The standard InChI is InChI=1S/C18H22O8/c1-5-10-23-17(20)8-9-18(21)26-25-15-7-6-14(11-16(15)22-4)12(2)24-13(3)19/h6-9,11-12H,5,10H2,1-4H3/b9-8+. The van der Waals surface area contributed by atoms with Gasteiger partial charge in [-0.3, -0.25) is 9.68 Å². The number of carbonyl (C=O) groups excluding carboxylic acids is 3. The molecule has 0 saturated carbocycles. The molecule has 0 N–H and O–H groups in total. The normalized spacial score (nSPS) is 11.5. The van der Waals surface area contributed by atoms with Crippen molar-refractivity contribution in [2.24, 2.45) is 0 Å². The summed E-state index contributed by atoms with van der Waals surface area (Å²) in [5.74, 6) is -1.53. The lowest BCUT2D eigenvalue weighted by atomic mass is 10.1. The Kier molecular flexibility index (Phi) is 8.69. The topological polar surface area (TPSA) is 97.4 Å². The number of carbonyl (C=O) groups is 3. The average molecular weight is 366 g/mol. The van der Waals surface area contributed by atoms with Gasteiger partial charge in [0, 0.05) is 19.1 Å². The van der Waals surface area contributed by atoms with E-state index < -0.39 is 24.0 Å². The molecular weight excluding hydrogens is 344 g/mol. The number of ether oxygens (including phenoxy) is 3. The highest BCUT2D eigenvalue weighted by Crippen LogP contribution is 2.31. The number of hydrogen-bond acceptors (Lipinski definition) is 8. The summed E-state index contributed by atoms with van der Waals surface area (Å²) in [4.78, 5) is 43.3. The van der Waals surface area contributed by atoms with Gasteiger partial charge in [-0.1, -0.05) is 13.0 Å². The predicted molar refractivity (Wildman–Crippen MR) is 90.3 cm³/mol. The first-order chi connectivity index (χ1) is 12.4. The van der Waals surface area contributed by atoms with Gasteiger partial charge in [0.15, 0.2) is 5.75 Å². The Bertz CT molecular complexity index is 665. The molecule has 0 heterocycles. The fraction of sp³-hybridized carbons (Fsp3) is 0.389. The molecule has 0 aliphatic rings. The van der Waals surface area contributed by atoms with E-state index in [1.807, 2.05) is 6.92 Å². The molecule has 1 atom stereocenters. The van der Waals surface area contributed by atoms with Crippen LogP contribution in [0.25, 0.3) is 0 Å². The van der Waals surface area contributed by atoms with Crippen molar-refractivity contribution in [1.82, 2.24) is 0 Å². The second-order valence-electron chi connectivity index (χ2n) is 5.15. The lowest BCUT2D eigenvalue weighted by molar-refractivity contribution is -0.207. The van der Waals surface area contributed by atoms with Crippen molar-refractivity contribution < 1.29 is 38.4 Å². The number of rotatable bonds is 9. The molecule has 1 rings (SSSR count). The highest BCUT2D eigenvalue weighted by molar-refractivity contribution is 5.91. The van der Waals surface area contributed by atoms with Gasteiger partial charge in [0.1, 0.15) is 6.10 Å². The van der Waals surface area contributed by atoms with Crippen molar-refractivity contribution in [2.45, 2.75) is 33.3 Å². The number of esters is 2. The van der Waals surface area contributed by atoms with Gasteiger partial charge in [-0.15, -0.1) is 0 Å². The van der Waals surface area contributed by atoms with Gasteiger partial charge in [0.2, 0.25) is 5.75 Å². The Hall–Kier alpha value is -3.03. The van der Waals surface area contributed by atoms with E-state index in [0.717, 1.165) is 12.2 Å². The minimum Gasteiger partial charge on any atom is -0.493 e. The monoisotopic (exact) mass is 366 g/mol. The maximum Gasteiger partial charge on any atom is 0.379 e. The molecule has 8 heteroatoms. The lowest BCUT2D eigenvalue weighted by Crippen LogP contribution is -2.08. The van der Waals surface area contributed by atoms with E-state index in [9.17, 15) is 14.4 Å². The van der Waals surface area contributed by atoms with E-state index in [2.05, 4.69) is 4.89 Å². The SMILES string of the molecule is CCCOC(=O)/C=C/C(=O)OOc1ccc(C(C)OC(C)=O)cc1OC. The largest absolute Gasteiger partial charge is 0.493 e. The highest BCUT2D eigenvalue weighted by Gasteiger charge is 2.14. The van der Waals surface area contributed by atoms with Gasteiger partial charge < -0.3 is 14.2 Å². The molecule has 0 spiro atoms. The zero-order chi connectivity index (χ0) is 19.5. The lowest BCUT2D eigenvalue weighted by Gasteiger charge is -2.14. The fourth-order valence-corrected chi connectivity index (χ4v) is 1.82. The van der Waals surface area contributed by atoms with E-state index in [0.29, 0.717) is 12.0 Å². The molecule has 0 amide bonds. The Morgan fingerprint density at radius 1 is 1.12 bits per heavy atom. The van der Waals surface area contributed by atoms with Gasteiger partial charge in [0.05, 0.1) is 13.7 Å². The average Bonchev–Trinajstić information content (AvgIpc) is 2.62. The Labute approximate surface area is 151 Å². The van der Waals surface area contributed by atoms with E-state index in [-0.39, 0.29) is 18.1 Å². The molecule has 0 aliphatic heterocycles. The Morgan fingerprint density at radius 2 is 1.81 bits per heavy atom. The van der Waals surface area contributed by atoms with E-state index in [4.69, 9.17) is 19.1 Å². The van der Waals surface area contributed by atoms with Gasteiger partial charge in [-0.2, -0.15) is 0 Å². The third kappa shape index (κ3) is 7.25.